The van der Waals surface area contributed by atoms with Gasteiger partial charge in [0, 0.05) is 19.0 Å². The molecule has 5 nitrogen and oxygen atoms in total. The van der Waals surface area contributed by atoms with E-state index in [1.54, 1.807) is 24.4 Å². The van der Waals surface area contributed by atoms with Crippen LogP contribution in [0, 0.1) is 11.6 Å². The molecule has 0 aliphatic carbocycles. The van der Waals surface area contributed by atoms with Crippen molar-refractivity contribution in [3.05, 3.63) is 66.3 Å². The first-order valence-electron chi connectivity index (χ1n) is 7.23. The lowest BCUT2D eigenvalue weighted by atomic mass is 10.1. The SMILES string of the molecule is O=C(CCc1ncc(-c2c(F)cccc2F)o1)Nc1ccccn1. The molecule has 0 spiro atoms. The average molecular weight is 329 g/mol. The summed E-state index contributed by atoms with van der Waals surface area (Å²) in [5.41, 5.74) is -0.269. The Hall–Kier alpha value is -3.09. The van der Waals surface area contributed by atoms with Gasteiger partial charge in [-0.05, 0) is 24.3 Å². The van der Waals surface area contributed by atoms with Crippen molar-refractivity contribution in [3.63, 3.8) is 0 Å². The molecule has 0 saturated carbocycles. The highest BCUT2D eigenvalue weighted by Crippen LogP contribution is 2.26. The molecule has 0 fully saturated rings. The maximum atomic E-state index is 13.7. The van der Waals surface area contributed by atoms with E-state index < -0.39 is 11.6 Å². The third-order valence-electron chi connectivity index (χ3n) is 3.26. The number of hydrogen-bond donors (Lipinski definition) is 1. The van der Waals surface area contributed by atoms with Crippen LogP contribution in [0.25, 0.3) is 11.3 Å². The van der Waals surface area contributed by atoms with Gasteiger partial charge in [-0.3, -0.25) is 4.79 Å². The zero-order valence-electron chi connectivity index (χ0n) is 12.5. The average Bonchev–Trinajstić information content (AvgIpc) is 3.02. The van der Waals surface area contributed by atoms with Crippen LogP contribution < -0.4 is 5.32 Å². The zero-order valence-corrected chi connectivity index (χ0v) is 12.5. The second-order valence-corrected chi connectivity index (χ2v) is 4.98. The molecule has 7 heteroatoms. The molecule has 122 valence electrons. The van der Waals surface area contributed by atoms with Crippen molar-refractivity contribution in [3.8, 4) is 11.3 Å². The Morgan fingerprint density at radius 3 is 2.58 bits per heavy atom. The molecule has 1 N–H and O–H groups in total. The first kappa shape index (κ1) is 15.8. The summed E-state index contributed by atoms with van der Waals surface area (Å²) in [4.78, 5) is 19.8. The molecular weight excluding hydrogens is 316 g/mol. The van der Waals surface area contributed by atoms with Crippen LogP contribution in [0.3, 0.4) is 0 Å². The van der Waals surface area contributed by atoms with E-state index in [1.165, 1.54) is 12.3 Å². The summed E-state index contributed by atoms with van der Waals surface area (Å²) in [6, 6.07) is 8.72. The monoisotopic (exact) mass is 329 g/mol. The molecule has 24 heavy (non-hydrogen) atoms. The van der Waals surface area contributed by atoms with E-state index in [0.717, 1.165) is 12.1 Å². The summed E-state index contributed by atoms with van der Waals surface area (Å²) in [5, 5.41) is 2.63. The van der Waals surface area contributed by atoms with Crippen molar-refractivity contribution >= 4 is 11.7 Å². The second kappa shape index (κ2) is 6.99. The van der Waals surface area contributed by atoms with Gasteiger partial charge in [0.15, 0.2) is 11.7 Å². The third-order valence-corrected chi connectivity index (χ3v) is 3.26. The van der Waals surface area contributed by atoms with Crippen molar-refractivity contribution in [2.75, 3.05) is 5.32 Å². The number of oxazole rings is 1. The van der Waals surface area contributed by atoms with Crippen LogP contribution in [0.4, 0.5) is 14.6 Å². The fraction of sp³-hybridized carbons (Fsp3) is 0.118. The lowest BCUT2D eigenvalue weighted by molar-refractivity contribution is -0.116. The first-order chi connectivity index (χ1) is 11.6. The molecule has 0 bridgehead atoms. The summed E-state index contributed by atoms with van der Waals surface area (Å²) in [5.74, 6) is -1.06. The molecule has 0 aliphatic heterocycles. The van der Waals surface area contributed by atoms with Crippen molar-refractivity contribution in [2.24, 2.45) is 0 Å². The van der Waals surface area contributed by atoms with Crippen LogP contribution >= 0.6 is 0 Å². The van der Waals surface area contributed by atoms with E-state index in [2.05, 4.69) is 15.3 Å². The number of pyridine rings is 1. The predicted molar refractivity (Wildman–Crippen MR) is 83.0 cm³/mol. The van der Waals surface area contributed by atoms with Crippen LogP contribution in [-0.4, -0.2) is 15.9 Å². The molecule has 3 aromatic rings. The molecule has 0 unspecified atom stereocenters. The summed E-state index contributed by atoms with van der Waals surface area (Å²) in [6.07, 6.45) is 3.12. The fourth-order valence-corrected chi connectivity index (χ4v) is 2.14. The first-order valence-corrected chi connectivity index (χ1v) is 7.23. The minimum Gasteiger partial charge on any atom is -0.441 e. The molecule has 2 heterocycles. The quantitative estimate of drug-likeness (QED) is 0.777. The van der Waals surface area contributed by atoms with Crippen molar-refractivity contribution in [1.82, 2.24) is 9.97 Å². The van der Waals surface area contributed by atoms with Crippen molar-refractivity contribution in [2.45, 2.75) is 12.8 Å². The molecule has 1 aromatic carbocycles. The van der Waals surface area contributed by atoms with Crippen LogP contribution in [0.5, 0.6) is 0 Å². The predicted octanol–water partition coefficient (Wildman–Crippen LogP) is 3.59. The normalized spacial score (nSPS) is 10.6. The van der Waals surface area contributed by atoms with Crippen LogP contribution in [0.2, 0.25) is 0 Å². The van der Waals surface area contributed by atoms with Crippen LogP contribution in [0.15, 0.2) is 53.2 Å². The minimum atomic E-state index is -0.731. The number of nitrogens with one attached hydrogen (secondary N) is 1. The number of nitrogens with zero attached hydrogens (tertiary/aromatic N) is 2. The lowest BCUT2D eigenvalue weighted by Crippen LogP contribution is -2.13. The number of rotatable bonds is 5. The number of aryl methyl sites for hydroxylation is 1. The summed E-state index contributed by atoms with van der Waals surface area (Å²) >= 11 is 0. The minimum absolute atomic E-state index is 0.00858. The van der Waals surface area contributed by atoms with Crippen LogP contribution in [0.1, 0.15) is 12.3 Å². The number of benzene rings is 1. The Labute approximate surface area is 136 Å². The van der Waals surface area contributed by atoms with E-state index >= 15 is 0 Å². The maximum Gasteiger partial charge on any atom is 0.226 e. The molecular formula is C17H13F2N3O2. The molecule has 0 radical (unpaired) electrons. The topological polar surface area (TPSA) is 68.0 Å². The number of amides is 1. The molecule has 0 atom stereocenters. The Bertz CT molecular complexity index is 830. The molecule has 0 aliphatic rings. The van der Waals surface area contributed by atoms with E-state index in [0.29, 0.717) is 5.82 Å². The molecule has 3 rings (SSSR count). The maximum absolute atomic E-state index is 13.7. The number of carbonyl (C=O) groups is 1. The van der Waals surface area contributed by atoms with Crippen LogP contribution in [-0.2, 0) is 11.2 Å². The third kappa shape index (κ3) is 3.62. The summed E-state index contributed by atoms with van der Waals surface area (Å²) in [7, 11) is 0. The van der Waals surface area contributed by atoms with E-state index in [9.17, 15) is 13.6 Å². The highest BCUT2D eigenvalue weighted by Gasteiger charge is 2.16. The Morgan fingerprint density at radius 2 is 1.88 bits per heavy atom. The summed E-state index contributed by atoms with van der Waals surface area (Å²) in [6.45, 7) is 0. The van der Waals surface area contributed by atoms with Crippen molar-refractivity contribution < 1.29 is 18.0 Å². The van der Waals surface area contributed by atoms with E-state index in [4.69, 9.17) is 4.42 Å². The number of halogens is 2. The highest BCUT2D eigenvalue weighted by molar-refractivity contribution is 5.89. The van der Waals surface area contributed by atoms with Gasteiger partial charge in [-0.1, -0.05) is 12.1 Å². The molecule has 2 aromatic heterocycles. The number of anilines is 1. The standard InChI is InChI=1S/C17H13F2N3O2/c18-11-4-3-5-12(19)17(11)13-10-21-16(24-13)8-7-15(23)22-14-6-1-2-9-20-14/h1-6,9-10H,7-8H2,(H,20,22,23). The zero-order chi connectivity index (χ0) is 16.9. The van der Waals surface area contributed by atoms with Gasteiger partial charge in [-0.2, -0.15) is 0 Å². The Morgan fingerprint density at radius 1 is 1.08 bits per heavy atom. The van der Waals surface area contributed by atoms with Gasteiger partial charge >= 0.3 is 0 Å². The number of aromatic nitrogens is 2. The largest absolute Gasteiger partial charge is 0.441 e. The van der Waals surface area contributed by atoms with Gasteiger partial charge in [-0.15, -0.1) is 0 Å². The van der Waals surface area contributed by atoms with Gasteiger partial charge in [0.2, 0.25) is 5.91 Å². The summed E-state index contributed by atoms with van der Waals surface area (Å²) < 4.78 is 32.8. The fourth-order valence-electron chi connectivity index (χ4n) is 2.14. The molecule has 1 amide bonds. The Balaban J connectivity index is 1.63. The van der Waals surface area contributed by atoms with E-state index in [1.807, 2.05) is 0 Å². The van der Waals surface area contributed by atoms with E-state index in [-0.39, 0.29) is 36.0 Å². The Kier molecular flexibility index (Phi) is 4.60. The van der Waals surface area contributed by atoms with Crippen molar-refractivity contribution in [1.29, 1.82) is 0 Å². The number of hydrogen-bond acceptors (Lipinski definition) is 4. The van der Waals surface area contributed by atoms with Gasteiger partial charge in [-0.25, -0.2) is 18.7 Å². The van der Waals surface area contributed by atoms with Gasteiger partial charge in [0.1, 0.15) is 17.5 Å². The second-order valence-electron chi connectivity index (χ2n) is 4.98. The van der Waals surface area contributed by atoms with Gasteiger partial charge < -0.3 is 9.73 Å². The smallest absolute Gasteiger partial charge is 0.226 e. The highest BCUT2D eigenvalue weighted by atomic mass is 19.1. The lowest BCUT2D eigenvalue weighted by Gasteiger charge is -2.02. The van der Waals surface area contributed by atoms with Gasteiger partial charge in [0.25, 0.3) is 0 Å². The van der Waals surface area contributed by atoms with Gasteiger partial charge in [0.05, 0.1) is 11.8 Å². The molecule has 0 saturated heterocycles. The number of carbonyl (C=O) groups excluding carboxylic acids is 1.